The lowest BCUT2D eigenvalue weighted by Crippen LogP contribution is -2.30. The summed E-state index contributed by atoms with van der Waals surface area (Å²) < 4.78 is 0. The number of benzene rings is 1. The normalized spacial score (nSPS) is 13.8. The van der Waals surface area contributed by atoms with Gasteiger partial charge in [-0.3, -0.25) is 0 Å². The van der Waals surface area contributed by atoms with Crippen LogP contribution >= 0.6 is 0 Å². The second-order valence-corrected chi connectivity index (χ2v) is 4.21. The summed E-state index contributed by atoms with van der Waals surface area (Å²) in [6, 6.07) is 0. The van der Waals surface area contributed by atoms with Crippen LogP contribution in [0.5, 0.6) is 0 Å². The van der Waals surface area contributed by atoms with E-state index in [0.29, 0.717) is 0 Å². The van der Waals surface area contributed by atoms with E-state index in [1.807, 2.05) is 0 Å². The fourth-order valence-corrected chi connectivity index (χ4v) is 2.16. The first kappa shape index (κ1) is 10.2. The molecule has 1 heterocycles. The summed E-state index contributed by atoms with van der Waals surface area (Å²) in [4.78, 5) is 4.51. The number of aliphatic imine (C=N–C) groups is 1. The van der Waals surface area contributed by atoms with Crippen LogP contribution in [0.2, 0.25) is 0 Å². The molecule has 0 radical (unpaired) electrons. The molecule has 0 fully saturated rings. The molecule has 0 spiro atoms. The van der Waals surface area contributed by atoms with Gasteiger partial charge in [-0.2, -0.15) is 0 Å². The highest BCUT2D eigenvalue weighted by Gasteiger charge is 2.21. The number of amidine groups is 1. The van der Waals surface area contributed by atoms with Gasteiger partial charge in [0, 0.05) is 6.42 Å². The van der Waals surface area contributed by atoms with Crippen molar-refractivity contribution in [2.45, 2.75) is 34.1 Å². The highest BCUT2D eigenvalue weighted by atomic mass is 15.3. The van der Waals surface area contributed by atoms with Gasteiger partial charge in [-0.1, -0.05) is 0 Å². The molecule has 0 saturated heterocycles. The minimum Gasteiger partial charge on any atom is -0.312 e. The van der Waals surface area contributed by atoms with Gasteiger partial charge in [0.15, 0.2) is 0 Å². The summed E-state index contributed by atoms with van der Waals surface area (Å²) in [7, 11) is 0. The molecule has 0 aliphatic carbocycles. The third-order valence-corrected chi connectivity index (χ3v) is 3.54. The molecule has 1 aliphatic heterocycles. The molecule has 2 rings (SSSR count). The van der Waals surface area contributed by atoms with Crippen molar-refractivity contribution in [2.24, 2.45) is 10.8 Å². The third kappa shape index (κ3) is 1.35. The Morgan fingerprint density at radius 3 is 2.20 bits per heavy atom. The molecule has 0 atom stereocenters. The Labute approximate surface area is 90.4 Å². The number of fused-ring (bicyclic) bond motifs is 1. The van der Waals surface area contributed by atoms with Crippen molar-refractivity contribution in [1.29, 1.82) is 0 Å². The first-order valence-corrected chi connectivity index (χ1v) is 5.19. The van der Waals surface area contributed by atoms with E-state index in [0.717, 1.165) is 17.9 Å². The smallest absolute Gasteiger partial charge is 0.121 e. The maximum atomic E-state index is 5.41. The summed E-state index contributed by atoms with van der Waals surface area (Å²) in [6.45, 7) is 8.62. The lowest BCUT2D eigenvalue weighted by molar-refractivity contribution is 1.00. The Bertz CT molecular complexity index is 459. The van der Waals surface area contributed by atoms with Gasteiger partial charge in [-0.25, -0.2) is 10.8 Å². The van der Waals surface area contributed by atoms with Crippen molar-refractivity contribution in [3.8, 4) is 0 Å². The number of rotatable bonds is 0. The predicted octanol–water partition coefficient (Wildman–Crippen LogP) is 1.97. The van der Waals surface area contributed by atoms with Crippen molar-refractivity contribution in [1.82, 2.24) is 5.43 Å². The fourth-order valence-electron chi connectivity index (χ4n) is 2.16. The Balaban J connectivity index is 2.68. The number of hydrogen-bond donors (Lipinski definition) is 2. The summed E-state index contributed by atoms with van der Waals surface area (Å²) >= 11 is 0. The summed E-state index contributed by atoms with van der Waals surface area (Å²) in [5, 5.41) is 0. The Hall–Kier alpha value is -1.35. The zero-order chi connectivity index (χ0) is 11.2. The van der Waals surface area contributed by atoms with E-state index in [1.165, 1.54) is 27.8 Å². The highest BCUT2D eigenvalue weighted by molar-refractivity contribution is 5.93. The first-order valence-electron chi connectivity index (χ1n) is 5.19. The average Bonchev–Trinajstić information content (AvgIpc) is 2.67. The number of nitrogens with zero attached hydrogens (tertiary/aromatic N) is 1. The summed E-state index contributed by atoms with van der Waals surface area (Å²) in [5.74, 6) is 6.27. The van der Waals surface area contributed by atoms with Gasteiger partial charge in [0.25, 0.3) is 0 Å². The molecular weight excluding hydrogens is 186 g/mol. The molecule has 1 aliphatic rings. The molecule has 0 unspecified atom stereocenters. The van der Waals surface area contributed by atoms with Gasteiger partial charge in [-0.05, 0) is 55.5 Å². The van der Waals surface area contributed by atoms with E-state index in [1.54, 1.807) is 0 Å². The van der Waals surface area contributed by atoms with Crippen LogP contribution in [0.15, 0.2) is 4.99 Å². The van der Waals surface area contributed by atoms with E-state index in [4.69, 9.17) is 5.84 Å². The van der Waals surface area contributed by atoms with Crippen molar-refractivity contribution in [3.63, 3.8) is 0 Å². The first-order chi connectivity index (χ1) is 7.06. The lowest BCUT2D eigenvalue weighted by Gasteiger charge is -2.13. The minimum atomic E-state index is 0.833. The van der Waals surface area contributed by atoms with Gasteiger partial charge in [0.05, 0.1) is 5.69 Å². The van der Waals surface area contributed by atoms with Gasteiger partial charge < -0.3 is 5.43 Å². The Kier molecular flexibility index (Phi) is 2.27. The summed E-state index contributed by atoms with van der Waals surface area (Å²) in [6.07, 6.45) is 0.833. The van der Waals surface area contributed by atoms with Crippen LogP contribution in [0.25, 0.3) is 0 Å². The zero-order valence-electron chi connectivity index (χ0n) is 9.73. The SMILES string of the molecule is Cc1c(C)c(C)c2c(c1C)CC(NN)=N2. The van der Waals surface area contributed by atoms with Crippen LogP contribution in [0, 0.1) is 27.7 Å². The fraction of sp³-hybridized carbons (Fsp3) is 0.417. The van der Waals surface area contributed by atoms with Gasteiger partial charge in [0.1, 0.15) is 5.84 Å². The van der Waals surface area contributed by atoms with Crippen molar-refractivity contribution >= 4 is 11.5 Å². The van der Waals surface area contributed by atoms with Gasteiger partial charge in [0.2, 0.25) is 0 Å². The molecule has 1 aromatic rings. The topological polar surface area (TPSA) is 50.4 Å². The molecule has 15 heavy (non-hydrogen) atoms. The molecule has 3 N–H and O–H groups in total. The van der Waals surface area contributed by atoms with Crippen LogP contribution in [0.1, 0.15) is 27.8 Å². The monoisotopic (exact) mass is 203 g/mol. The molecular formula is C12H17N3. The van der Waals surface area contributed by atoms with Crippen molar-refractivity contribution in [3.05, 3.63) is 27.8 Å². The molecule has 3 nitrogen and oxygen atoms in total. The van der Waals surface area contributed by atoms with Crippen LogP contribution in [0.4, 0.5) is 5.69 Å². The second-order valence-electron chi connectivity index (χ2n) is 4.21. The van der Waals surface area contributed by atoms with Crippen molar-refractivity contribution in [2.75, 3.05) is 0 Å². The molecule has 0 saturated carbocycles. The second kappa shape index (κ2) is 3.35. The van der Waals surface area contributed by atoms with E-state index < -0.39 is 0 Å². The van der Waals surface area contributed by atoms with Crippen molar-refractivity contribution < 1.29 is 0 Å². The standard InChI is InChI=1S/C12H17N3/c1-6-7(2)9(4)12-10(8(6)3)5-11(14-12)15-13/h5,13H2,1-4H3,(H,14,15). The van der Waals surface area contributed by atoms with Gasteiger partial charge in [-0.15, -0.1) is 0 Å². The lowest BCUT2D eigenvalue weighted by atomic mass is 9.92. The van der Waals surface area contributed by atoms with E-state index >= 15 is 0 Å². The molecule has 1 aromatic carbocycles. The summed E-state index contributed by atoms with van der Waals surface area (Å²) in [5.41, 5.74) is 10.4. The number of hydrazine groups is 1. The highest BCUT2D eigenvalue weighted by Crippen LogP contribution is 2.36. The van der Waals surface area contributed by atoms with E-state index in [-0.39, 0.29) is 0 Å². The predicted molar refractivity (Wildman–Crippen MR) is 63.5 cm³/mol. The van der Waals surface area contributed by atoms with Crippen LogP contribution in [0.3, 0.4) is 0 Å². The van der Waals surface area contributed by atoms with E-state index in [2.05, 4.69) is 38.1 Å². The average molecular weight is 203 g/mol. The number of nitrogens with two attached hydrogens (primary N) is 1. The maximum absolute atomic E-state index is 5.41. The molecule has 0 bridgehead atoms. The molecule has 0 amide bonds. The zero-order valence-corrected chi connectivity index (χ0v) is 9.73. The van der Waals surface area contributed by atoms with E-state index in [9.17, 15) is 0 Å². The third-order valence-electron chi connectivity index (χ3n) is 3.54. The van der Waals surface area contributed by atoms with Crippen LogP contribution in [-0.4, -0.2) is 5.84 Å². The number of nitrogens with one attached hydrogen (secondary N) is 1. The Morgan fingerprint density at radius 2 is 1.60 bits per heavy atom. The van der Waals surface area contributed by atoms with Crippen LogP contribution in [-0.2, 0) is 6.42 Å². The maximum Gasteiger partial charge on any atom is 0.121 e. The van der Waals surface area contributed by atoms with Crippen LogP contribution < -0.4 is 11.3 Å². The molecule has 0 aromatic heterocycles. The molecule has 80 valence electrons. The Morgan fingerprint density at radius 1 is 1.00 bits per heavy atom. The largest absolute Gasteiger partial charge is 0.312 e. The minimum absolute atomic E-state index is 0.833. The number of hydrogen-bond acceptors (Lipinski definition) is 3. The quantitative estimate of drug-likeness (QED) is 0.500. The molecule has 3 heteroatoms. The van der Waals surface area contributed by atoms with Gasteiger partial charge >= 0.3 is 0 Å².